The van der Waals surface area contributed by atoms with Crippen molar-refractivity contribution in [2.24, 2.45) is 0 Å². The fourth-order valence-corrected chi connectivity index (χ4v) is 4.70. The third-order valence-electron chi connectivity index (χ3n) is 2.53. The first-order valence-corrected chi connectivity index (χ1v) is 8.18. The van der Waals surface area contributed by atoms with Crippen LogP contribution in [0.5, 0.6) is 0 Å². The van der Waals surface area contributed by atoms with E-state index in [0.717, 1.165) is 16.0 Å². The molecule has 1 nitrogen and oxygen atoms in total. The van der Waals surface area contributed by atoms with E-state index in [1.807, 2.05) is 30.3 Å². The second-order valence-corrected chi connectivity index (χ2v) is 7.43. The highest BCUT2D eigenvalue weighted by Gasteiger charge is 2.07. The number of hydrogen-bond donors (Lipinski definition) is 0. The summed E-state index contributed by atoms with van der Waals surface area (Å²) >= 11 is 5.07. The lowest BCUT2D eigenvalue weighted by atomic mass is 10.4. The number of thiophene rings is 2. The van der Waals surface area contributed by atoms with E-state index in [2.05, 4.69) is 24.3 Å². The molecule has 0 bridgehead atoms. The van der Waals surface area contributed by atoms with Gasteiger partial charge in [0.1, 0.15) is 0 Å². The summed E-state index contributed by atoms with van der Waals surface area (Å²) < 4.78 is 1.27. The van der Waals surface area contributed by atoms with E-state index in [0.29, 0.717) is 0 Å². The number of aldehydes is 1. The second kappa shape index (κ2) is 5.74. The first kappa shape index (κ1) is 12.7. The van der Waals surface area contributed by atoms with Crippen LogP contribution in [-0.4, -0.2) is 6.29 Å². The average molecular weight is 302 g/mol. The van der Waals surface area contributed by atoms with Gasteiger partial charge in [-0.3, -0.25) is 4.79 Å². The molecule has 19 heavy (non-hydrogen) atoms. The van der Waals surface area contributed by atoms with Crippen molar-refractivity contribution in [1.82, 2.24) is 0 Å². The highest BCUT2D eigenvalue weighted by Crippen LogP contribution is 2.39. The van der Waals surface area contributed by atoms with Crippen LogP contribution in [0.25, 0.3) is 9.75 Å². The molecule has 3 aromatic rings. The molecule has 0 saturated carbocycles. The molecule has 0 aliphatic carbocycles. The Labute approximate surface area is 123 Å². The molecule has 1 aromatic carbocycles. The van der Waals surface area contributed by atoms with Crippen LogP contribution in [0.4, 0.5) is 0 Å². The summed E-state index contributed by atoms with van der Waals surface area (Å²) in [6.45, 7) is 0. The van der Waals surface area contributed by atoms with Crippen molar-refractivity contribution >= 4 is 40.7 Å². The van der Waals surface area contributed by atoms with Crippen LogP contribution in [0.15, 0.2) is 63.7 Å². The molecule has 0 amide bonds. The lowest BCUT2D eigenvalue weighted by molar-refractivity contribution is 0.112. The zero-order valence-electron chi connectivity index (χ0n) is 9.91. The van der Waals surface area contributed by atoms with Gasteiger partial charge in [0.2, 0.25) is 0 Å². The van der Waals surface area contributed by atoms with Crippen LogP contribution in [0, 0.1) is 0 Å². The largest absolute Gasteiger partial charge is 0.297 e. The van der Waals surface area contributed by atoms with Crippen molar-refractivity contribution in [2.75, 3.05) is 0 Å². The normalized spacial score (nSPS) is 10.5. The summed E-state index contributed by atoms with van der Waals surface area (Å²) in [5.41, 5.74) is 0. The van der Waals surface area contributed by atoms with E-state index in [1.54, 1.807) is 23.1 Å². The van der Waals surface area contributed by atoms with Crippen LogP contribution < -0.4 is 0 Å². The third kappa shape index (κ3) is 2.97. The van der Waals surface area contributed by atoms with Crippen LogP contribution in [-0.2, 0) is 0 Å². The number of rotatable bonds is 4. The van der Waals surface area contributed by atoms with Gasteiger partial charge < -0.3 is 0 Å². The minimum absolute atomic E-state index is 0.778. The molecule has 0 N–H and O–H groups in total. The molecule has 0 aliphatic heterocycles. The first-order chi connectivity index (χ1) is 9.35. The maximum Gasteiger partial charge on any atom is 0.160 e. The maximum atomic E-state index is 10.7. The van der Waals surface area contributed by atoms with Gasteiger partial charge in [0.15, 0.2) is 6.29 Å². The molecule has 3 rings (SSSR count). The predicted molar refractivity (Wildman–Crippen MR) is 83.6 cm³/mol. The van der Waals surface area contributed by atoms with E-state index in [9.17, 15) is 4.79 Å². The molecule has 2 heterocycles. The van der Waals surface area contributed by atoms with Crippen molar-refractivity contribution in [2.45, 2.75) is 9.10 Å². The van der Waals surface area contributed by atoms with Gasteiger partial charge in [-0.2, -0.15) is 0 Å². The predicted octanol–water partition coefficient (Wildman–Crippen LogP) is 5.44. The quantitative estimate of drug-likeness (QED) is 0.597. The van der Waals surface area contributed by atoms with Crippen molar-refractivity contribution < 1.29 is 4.79 Å². The van der Waals surface area contributed by atoms with Crippen LogP contribution in [0.2, 0.25) is 0 Å². The standard InChI is InChI=1S/C15H10OS3/c16-10-12-6-7-13(17-12)14-8-9-15(19-14)18-11-4-2-1-3-5-11/h1-10H. The molecule has 0 saturated heterocycles. The Bertz CT molecular complexity index is 682. The molecule has 2 aromatic heterocycles. The lowest BCUT2D eigenvalue weighted by Crippen LogP contribution is -1.66. The van der Waals surface area contributed by atoms with E-state index in [1.165, 1.54) is 25.3 Å². The number of benzene rings is 1. The monoisotopic (exact) mass is 302 g/mol. The van der Waals surface area contributed by atoms with Crippen molar-refractivity contribution in [1.29, 1.82) is 0 Å². The zero-order chi connectivity index (χ0) is 13.1. The maximum absolute atomic E-state index is 10.7. The summed E-state index contributed by atoms with van der Waals surface area (Å²) in [5.74, 6) is 0. The number of hydrogen-bond acceptors (Lipinski definition) is 4. The Morgan fingerprint density at radius 1 is 0.842 bits per heavy atom. The van der Waals surface area contributed by atoms with E-state index in [-0.39, 0.29) is 0 Å². The second-order valence-electron chi connectivity index (χ2n) is 3.85. The van der Waals surface area contributed by atoms with Crippen LogP contribution in [0.1, 0.15) is 9.67 Å². The summed E-state index contributed by atoms with van der Waals surface area (Å²) in [6.07, 6.45) is 0.904. The highest BCUT2D eigenvalue weighted by molar-refractivity contribution is 8.01. The smallest absolute Gasteiger partial charge is 0.160 e. The van der Waals surface area contributed by atoms with Gasteiger partial charge in [-0.15, -0.1) is 22.7 Å². The molecule has 0 aliphatic rings. The highest BCUT2D eigenvalue weighted by atomic mass is 32.2. The molecule has 4 heteroatoms. The summed E-state index contributed by atoms with van der Waals surface area (Å²) in [7, 11) is 0. The molecule has 0 atom stereocenters. The minimum Gasteiger partial charge on any atom is -0.297 e. The van der Waals surface area contributed by atoms with E-state index in [4.69, 9.17) is 0 Å². The van der Waals surface area contributed by atoms with Gasteiger partial charge in [0.25, 0.3) is 0 Å². The van der Waals surface area contributed by atoms with Gasteiger partial charge >= 0.3 is 0 Å². The van der Waals surface area contributed by atoms with Crippen molar-refractivity contribution in [3.05, 3.63) is 59.5 Å². The average Bonchev–Trinajstić information content (AvgIpc) is 3.08. The molecule has 0 fully saturated rings. The van der Waals surface area contributed by atoms with E-state index >= 15 is 0 Å². The minimum atomic E-state index is 0.778. The molecule has 0 spiro atoms. The Balaban J connectivity index is 1.81. The Morgan fingerprint density at radius 3 is 2.32 bits per heavy atom. The summed E-state index contributed by atoms with van der Waals surface area (Å²) in [6, 6.07) is 18.5. The number of carbonyl (C=O) groups is 1. The topological polar surface area (TPSA) is 17.1 Å². The molecular weight excluding hydrogens is 292 g/mol. The van der Waals surface area contributed by atoms with Gasteiger partial charge in [-0.1, -0.05) is 30.0 Å². The SMILES string of the molecule is O=Cc1ccc(-c2ccc(Sc3ccccc3)s2)s1. The molecule has 94 valence electrons. The summed E-state index contributed by atoms with van der Waals surface area (Å²) in [4.78, 5) is 15.1. The Hall–Kier alpha value is -1.36. The fraction of sp³-hybridized carbons (Fsp3) is 0. The lowest BCUT2D eigenvalue weighted by Gasteiger charge is -1.96. The van der Waals surface area contributed by atoms with Crippen molar-refractivity contribution in [3.8, 4) is 9.75 Å². The molecule has 0 unspecified atom stereocenters. The van der Waals surface area contributed by atoms with Crippen LogP contribution in [0.3, 0.4) is 0 Å². The van der Waals surface area contributed by atoms with Gasteiger partial charge in [-0.25, -0.2) is 0 Å². The van der Waals surface area contributed by atoms with Gasteiger partial charge in [0, 0.05) is 14.6 Å². The van der Waals surface area contributed by atoms with Gasteiger partial charge in [0.05, 0.1) is 9.09 Å². The Morgan fingerprint density at radius 2 is 1.58 bits per heavy atom. The first-order valence-electron chi connectivity index (χ1n) is 5.73. The zero-order valence-corrected chi connectivity index (χ0v) is 12.4. The fourth-order valence-electron chi connectivity index (χ4n) is 1.66. The van der Waals surface area contributed by atoms with Gasteiger partial charge in [-0.05, 0) is 36.4 Å². The third-order valence-corrected chi connectivity index (χ3v) is 5.96. The summed E-state index contributed by atoms with van der Waals surface area (Å²) in [5, 5.41) is 0. The Kier molecular flexibility index (Phi) is 3.82. The van der Waals surface area contributed by atoms with E-state index < -0.39 is 0 Å². The van der Waals surface area contributed by atoms with Crippen LogP contribution >= 0.6 is 34.4 Å². The molecular formula is C15H10OS3. The molecule has 0 radical (unpaired) electrons. The van der Waals surface area contributed by atoms with Crippen molar-refractivity contribution in [3.63, 3.8) is 0 Å². The number of carbonyl (C=O) groups excluding carboxylic acids is 1.